The van der Waals surface area contributed by atoms with Crippen LogP contribution in [0.15, 0.2) is 18.1 Å². The molecular weight excluding hydrogens is 99.5 g/mol. The Labute approximate surface area is 41.6 Å². The van der Waals surface area contributed by atoms with Gasteiger partial charge < -0.3 is 5.11 Å². The van der Waals surface area contributed by atoms with Crippen LogP contribution in [0, 0.1) is 0 Å². The molecular formula is C4H5ClO. The summed E-state index contributed by atoms with van der Waals surface area (Å²) in [5.41, 5.74) is 2.37. The lowest BCUT2D eigenvalue weighted by atomic mass is 10.7. The Morgan fingerprint density at radius 3 is 2.67 bits per heavy atom. The number of hydrogen-bond acceptors (Lipinski definition) is 1. The molecule has 0 saturated heterocycles. The highest BCUT2D eigenvalue weighted by atomic mass is 35.5. The first-order valence-electron chi connectivity index (χ1n) is 1.51. The topological polar surface area (TPSA) is 20.2 Å². The van der Waals surface area contributed by atoms with E-state index in [-0.39, 0.29) is 0 Å². The standard InChI is InChI=1S/C4H5ClO/c5-3-1-2-4-6/h1,4,6H,3H2. The fourth-order valence-corrected chi connectivity index (χ4v) is 0.186. The molecule has 0 fully saturated rings. The van der Waals surface area contributed by atoms with Crippen molar-refractivity contribution in [3.63, 3.8) is 0 Å². The summed E-state index contributed by atoms with van der Waals surface area (Å²) in [6.07, 6.45) is 2.34. The van der Waals surface area contributed by atoms with Crippen LogP contribution < -0.4 is 0 Å². The summed E-state index contributed by atoms with van der Waals surface area (Å²) in [6, 6.07) is 0. The summed E-state index contributed by atoms with van der Waals surface area (Å²) < 4.78 is 0. The fourth-order valence-electron chi connectivity index (χ4n) is 0.0972. The molecule has 0 aromatic heterocycles. The predicted molar refractivity (Wildman–Crippen MR) is 26.0 cm³/mol. The minimum absolute atomic E-state index is 0.400. The van der Waals surface area contributed by atoms with Crippen molar-refractivity contribution < 1.29 is 5.11 Å². The third-order valence-corrected chi connectivity index (χ3v) is 0.424. The van der Waals surface area contributed by atoms with E-state index in [9.17, 15) is 0 Å². The summed E-state index contributed by atoms with van der Waals surface area (Å²) in [4.78, 5) is 0. The highest BCUT2D eigenvalue weighted by Crippen LogP contribution is 1.71. The van der Waals surface area contributed by atoms with Crippen LogP contribution in [0.25, 0.3) is 0 Å². The first-order valence-corrected chi connectivity index (χ1v) is 2.05. The van der Waals surface area contributed by atoms with Gasteiger partial charge in [-0.05, 0) is 6.08 Å². The van der Waals surface area contributed by atoms with Crippen LogP contribution in [-0.2, 0) is 0 Å². The van der Waals surface area contributed by atoms with Crippen molar-refractivity contribution in [2.45, 2.75) is 0 Å². The molecule has 1 N–H and O–H groups in total. The number of hydrogen-bond donors (Lipinski definition) is 1. The minimum Gasteiger partial charge on any atom is -0.507 e. The smallest absolute Gasteiger partial charge is 0.121 e. The lowest BCUT2D eigenvalue weighted by Gasteiger charge is -1.60. The highest BCUT2D eigenvalue weighted by molar-refractivity contribution is 6.18. The average Bonchev–Trinajstić information content (AvgIpc) is 1.61. The van der Waals surface area contributed by atoms with Gasteiger partial charge in [0, 0.05) is 5.88 Å². The van der Waals surface area contributed by atoms with Gasteiger partial charge in [-0.3, -0.25) is 0 Å². The van der Waals surface area contributed by atoms with E-state index in [0.29, 0.717) is 5.88 Å². The molecule has 0 aromatic rings. The molecule has 0 bridgehead atoms. The summed E-state index contributed by atoms with van der Waals surface area (Å²) in [5.74, 6) is 0.400. The van der Waals surface area contributed by atoms with Crippen LogP contribution >= 0.6 is 11.6 Å². The molecule has 0 unspecified atom stereocenters. The largest absolute Gasteiger partial charge is 0.507 e. The Hall–Kier alpha value is -0.390. The summed E-state index contributed by atoms with van der Waals surface area (Å²) in [5, 5.41) is 7.87. The van der Waals surface area contributed by atoms with E-state index in [1.165, 1.54) is 6.08 Å². The van der Waals surface area contributed by atoms with E-state index in [1.54, 1.807) is 0 Å². The first-order chi connectivity index (χ1) is 2.91. The molecule has 2 heteroatoms. The molecule has 0 saturated carbocycles. The van der Waals surface area contributed by atoms with Gasteiger partial charge in [-0.15, -0.1) is 11.6 Å². The van der Waals surface area contributed by atoms with Crippen molar-refractivity contribution in [1.29, 1.82) is 0 Å². The molecule has 34 valence electrons. The van der Waals surface area contributed by atoms with Crippen LogP contribution in [0.1, 0.15) is 0 Å². The second-order valence-electron chi connectivity index (χ2n) is 0.654. The van der Waals surface area contributed by atoms with Crippen molar-refractivity contribution >= 4 is 11.6 Å². The molecule has 0 aromatic carbocycles. The number of rotatable bonds is 1. The summed E-state index contributed by atoms with van der Waals surface area (Å²) >= 11 is 5.13. The summed E-state index contributed by atoms with van der Waals surface area (Å²) in [7, 11) is 0. The third kappa shape index (κ3) is 3.61. The van der Waals surface area contributed by atoms with Crippen molar-refractivity contribution in [3.8, 4) is 0 Å². The van der Waals surface area contributed by atoms with Crippen molar-refractivity contribution in [3.05, 3.63) is 18.1 Å². The lowest BCUT2D eigenvalue weighted by molar-refractivity contribution is 0.475. The van der Waals surface area contributed by atoms with Gasteiger partial charge in [0.1, 0.15) is 6.26 Å². The zero-order chi connectivity index (χ0) is 4.83. The average molecular weight is 105 g/mol. The molecule has 0 rings (SSSR count). The number of halogens is 1. The summed E-state index contributed by atoms with van der Waals surface area (Å²) in [6.45, 7) is 0. The lowest BCUT2D eigenvalue weighted by Crippen LogP contribution is -1.50. The van der Waals surface area contributed by atoms with Gasteiger partial charge in [-0.1, -0.05) is 5.73 Å². The van der Waals surface area contributed by atoms with Crippen molar-refractivity contribution in [1.82, 2.24) is 0 Å². The quantitative estimate of drug-likeness (QED) is 0.303. The Balaban J connectivity index is 3.18. The first kappa shape index (κ1) is 5.61. The Morgan fingerprint density at radius 1 is 1.83 bits per heavy atom. The molecule has 0 heterocycles. The molecule has 0 aliphatic rings. The molecule has 6 heavy (non-hydrogen) atoms. The molecule has 1 nitrogen and oxygen atoms in total. The van der Waals surface area contributed by atoms with E-state index in [4.69, 9.17) is 16.7 Å². The second-order valence-corrected chi connectivity index (χ2v) is 0.963. The van der Waals surface area contributed by atoms with Gasteiger partial charge in [-0.25, -0.2) is 0 Å². The van der Waals surface area contributed by atoms with Gasteiger partial charge in [0.05, 0.1) is 0 Å². The van der Waals surface area contributed by atoms with Crippen LogP contribution in [0.3, 0.4) is 0 Å². The van der Waals surface area contributed by atoms with Gasteiger partial charge >= 0.3 is 0 Å². The Morgan fingerprint density at radius 2 is 2.50 bits per heavy atom. The Kier molecular flexibility index (Phi) is 4.31. The van der Waals surface area contributed by atoms with Crippen molar-refractivity contribution in [2.24, 2.45) is 0 Å². The molecule has 0 amide bonds. The number of alkyl halides is 1. The molecule has 0 aliphatic heterocycles. The van der Waals surface area contributed by atoms with Crippen LogP contribution in [0.5, 0.6) is 0 Å². The maximum atomic E-state index is 7.87. The van der Waals surface area contributed by atoms with E-state index in [1.807, 2.05) is 0 Å². The van der Waals surface area contributed by atoms with Gasteiger partial charge in [0.2, 0.25) is 0 Å². The van der Waals surface area contributed by atoms with E-state index < -0.39 is 0 Å². The van der Waals surface area contributed by atoms with E-state index in [0.717, 1.165) is 6.26 Å². The number of allylic oxidation sites excluding steroid dienone is 1. The van der Waals surface area contributed by atoms with E-state index in [2.05, 4.69) is 5.73 Å². The SMILES string of the molecule is OC=C=CCCl. The highest BCUT2D eigenvalue weighted by Gasteiger charge is 1.55. The maximum Gasteiger partial charge on any atom is 0.121 e. The van der Waals surface area contributed by atoms with Crippen LogP contribution in [-0.4, -0.2) is 11.0 Å². The van der Waals surface area contributed by atoms with Crippen LogP contribution in [0.2, 0.25) is 0 Å². The fraction of sp³-hybridized carbons (Fsp3) is 0.250. The number of aliphatic hydroxyl groups excluding tert-OH is 1. The van der Waals surface area contributed by atoms with Gasteiger partial charge in [0.25, 0.3) is 0 Å². The van der Waals surface area contributed by atoms with Crippen molar-refractivity contribution in [2.75, 3.05) is 5.88 Å². The molecule has 0 radical (unpaired) electrons. The predicted octanol–water partition coefficient (Wildman–Crippen LogP) is 1.45. The second kappa shape index (κ2) is 4.61. The van der Waals surface area contributed by atoms with Gasteiger partial charge in [-0.2, -0.15) is 0 Å². The molecule has 0 spiro atoms. The normalized spacial score (nSPS) is 6.17. The molecule has 0 atom stereocenters. The van der Waals surface area contributed by atoms with Crippen LogP contribution in [0.4, 0.5) is 0 Å². The third-order valence-electron chi connectivity index (χ3n) is 0.270. The number of aliphatic hydroxyl groups is 1. The zero-order valence-electron chi connectivity index (χ0n) is 3.19. The monoisotopic (exact) mass is 104 g/mol. The molecule has 0 aliphatic carbocycles. The van der Waals surface area contributed by atoms with Gasteiger partial charge in [0.15, 0.2) is 0 Å². The Bertz CT molecular complexity index is 71.6. The zero-order valence-corrected chi connectivity index (χ0v) is 3.94. The minimum atomic E-state index is 0.400. The van der Waals surface area contributed by atoms with E-state index >= 15 is 0 Å². The maximum absolute atomic E-state index is 7.87.